The molecule has 0 aromatic rings. The van der Waals surface area contributed by atoms with Crippen LogP contribution in [0.2, 0.25) is 0 Å². The van der Waals surface area contributed by atoms with E-state index in [1.54, 1.807) is 6.92 Å². The highest BCUT2D eigenvalue weighted by atomic mass is 35.5. The second kappa shape index (κ2) is 5.60. The molecule has 0 aliphatic carbocycles. The van der Waals surface area contributed by atoms with E-state index in [1.807, 2.05) is 0 Å². The zero-order chi connectivity index (χ0) is 12.1. The zero-order valence-corrected chi connectivity index (χ0v) is 9.52. The molecule has 0 radical (unpaired) electrons. The molecule has 2 amide bonds. The third kappa shape index (κ3) is 4.69. The van der Waals surface area contributed by atoms with Crippen LogP contribution in [-0.4, -0.2) is 29.2 Å². The van der Waals surface area contributed by atoms with Gasteiger partial charge in [0.2, 0.25) is 0 Å². The van der Waals surface area contributed by atoms with E-state index < -0.39 is 17.5 Å². The van der Waals surface area contributed by atoms with Gasteiger partial charge in [-0.25, -0.2) is 9.59 Å². The Kier molecular flexibility index (Phi) is 5.14. The number of carbonyl (C=O) groups excluding carboxylic acids is 1. The van der Waals surface area contributed by atoms with Gasteiger partial charge in [-0.2, -0.15) is 0 Å². The van der Waals surface area contributed by atoms with E-state index in [2.05, 4.69) is 17.2 Å². The standard InChI is InChI=1S/C9H15ClN2O3/c1-4-9(3,7(13)14)12-8(15)11-5-6(2)10/h2,4-5H2,1,3H3,(H,13,14)(H2,11,12,15). The third-order valence-electron chi connectivity index (χ3n) is 2.01. The van der Waals surface area contributed by atoms with Gasteiger partial charge in [0.15, 0.2) is 0 Å². The van der Waals surface area contributed by atoms with Gasteiger partial charge in [-0.05, 0) is 13.3 Å². The van der Waals surface area contributed by atoms with Crippen LogP contribution in [0.1, 0.15) is 20.3 Å². The predicted molar refractivity (Wildman–Crippen MR) is 57.9 cm³/mol. The lowest BCUT2D eigenvalue weighted by molar-refractivity contribution is -0.143. The number of carbonyl (C=O) groups is 2. The Morgan fingerprint density at radius 2 is 2.07 bits per heavy atom. The maximum Gasteiger partial charge on any atom is 0.329 e. The Morgan fingerprint density at radius 1 is 1.53 bits per heavy atom. The molecule has 15 heavy (non-hydrogen) atoms. The average Bonchev–Trinajstić information content (AvgIpc) is 2.14. The smallest absolute Gasteiger partial charge is 0.329 e. The van der Waals surface area contributed by atoms with E-state index in [4.69, 9.17) is 16.7 Å². The molecule has 0 bridgehead atoms. The molecule has 0 saturated carbocycles. The quantitative estimate of drug-likeness (QED) is 0.671. The van der Waals surface area contributed by atoms with Gasteiger partial charge in [0.05, 0.1) is 6.54 Å². The number of urea groups is 1. The summed E-state index contributed by atoms with van der Waals surface area (Å²) in [5.74, 6) is -1.08. The van der Waals surface area contributed by atoms with Crippen molar-refractivity contribution in [1.82, 2.24) is 10.6 Å². The van der Waals surface area contributed by atoms with Crippen molar-refractivity contribution >= 4 is 23.6 Å². The monoisotopic (exact) mass is 234 g/mol. The van der Waals surface area contributed by atoms with Crippen LogP contribution in [-0.2, 0) is 4.79 Å². The summed E-state index contributed by atoms with van der Waals surface area (Å²) in [5.41, 5.74) is -1.27. The van der Waals surface area contributed by atoms with Crippen LogP contribution in [0, 0.1) is 0 Å². The minimum absolute atomic E-state index is 0.104. The summed E-state index contributed by atoms with van der Waals surface area (Å²) in [7, 11) is 0. The highest BCUT2D eigenvalue weighted by Crippen LogP contribution is 2.08. The summed E-state index contributed by atoms with van der Waals surface area (Å²) < 4.78 is 0. The number of carboxylic acid groups (broad SMARTS) is 1. The molecule has 0 aliphatic rings. The molecule has 0 fully saturated rings. The van der Waals surface area contributed by atoms with E-state index in [0.717, 1.165) is 0 Å². The van der Waals surface area contributed by atoms with Gasteiger partial charge in [0, 0.05) is 5.03 Å². The SMILES string of the molecule is C=C(Cl)CNC(=O)NC(C)(CC)C(=O)O. The zero-order valence-electron chi connectivity index (χ0n) is 8.76. The molecule has 0 rings (SSSR count). The number of rotatable bonds is 5. The lowest BCUT2D eigenvalue weighted by Gasteiger charge is -2.24. The summed E-state index contributed by atoms with van der Waals surface area (Å²) in [6.45, 7) is 6.60. The van der Waals surface area contributed by atoms with Crippen LogP contribution < -0.4 is 10.6 Å². The van der Waals surface area contributed by atoms with Crippen molar-refractivity contribution in [1.29, 1.82) is 0 Å². The van der Waals surface area contributed by atoms with Crippen molar-refractivity contribution in [3.8, 4) is 0 Å². The van der Waals surface area contributed by atoms with Gasteiger partial charge in [0.25, 0.3) is 0 Å². The van der Waals surface area contributed by atoms with Crippen molar-refractivity contribution in [3.63, 3.8) is 0 Å². The Hall–Kier alpha value is -1.23. The Balaban J connectivity index is 4.25. The topological polar surface area (TPSA) is 78.4 Å². The normalized spacial score (nSPS) is 13.8. The van der Waals surface area contributed by atoms with Gasteiger partial charge in [-0.1, -0.05) is 25.1 Å². The number of amides is 2. The first-order chi connectivity index (χ1) is 6.81. The molecule has 1 atom stereocenters. The molecule has 3 N–H and O–H groups in total. The van der Waals surface area contributed by atoms with Gasteiger partial charge in [0.1, 0.15) is 5.54 Å². The average molecular weight is 235 g/mol. The number of hydrogen-bond acceptors (Lipinski definition) is 2. The van der Waals surface area contributed by atoms with Crippen LogP contribution in [0.5, 0.6) is 0 Å². The first-order valence-corrected chi connectivity index (χ1v) is 4.82. The fourth-order valence-corrected chi connectivity index (χ4v) is 0.831. The maximum atomic E-state index is 11.2. The summed E-state index contributed by atoms with van der Waals surface area (Å²) in [6, 6.07) is -0.580. The first-order valence-electron chi connectivity index (χ1n) is 4.44. The molecule has 1 unspecified atom stereocenters. The highest BCUT2D eigenvalue weighted by molar-refractivity contribution is 6.29. The van der Waals surface area contributed by atoms with Crippen molar-refractivity contribution in [2.75, 3.05) is 6.54 Å². The van der Waals surface area contributed by atoms with E-state index in [9.17, 15) is 9.59 Å². The van der Waals surface area contributed by atoms with Crippen LogP contribution >= 0.6 is 11.6 Å². The Labute approximate surface area is 93.5 Å². The molecule has 86 valence electrons. The Bertz CT molecular complexity index is 281. The molecule has 5 nitrogen and oxygen atoms in total. The van der Waals surface area contributed by atoms with Gasteiger partial charge in [-0.15, -0.1) is 0 Å². The second-order valence-electron chi connectivity index (χ2n) is 3.32. The fourth-order valence-electron chi connectivity index (χ4n) is 0.764. The summed E-state index contributed by atoms with van der Waals surface area (Å²) in [5, 5.41) is 13.9. The van der Waals surface area contributed by atoms with E-state index in [-0.39, 0.29) is 18.0 Å². The van der Waals surface area contributed by atoms with Crippen molar-refractivity contribution in [2.24, 2.45) is 0 Å². The first kappa shape index (κ1) is 13.8. The number of halogens is 1. The molecule has 0 heterocycles. The van der Waals surface area contributed by atoms with Gasteiger partial charge >= 0.3 is 12.0 Å². The Morgan fingerprint density at radius 3 is 2.40 bits per heavy atom. The molecule has 6 heteroatoms. The van der Waals surface area contributed by atoms with E-state index in [1.165, 1.54) is 6.92 Å². The third-order valence-corrected chi connectivity index (χ3v) is 2.14. The largest absolute Gasteiger partial charge is 0.480 e. The van der Waals surface area contributed by atoms with Crippen molar-refractivity contribution in [2.45, 2.75) is 25.8 Å². The van der Waals surface area contributed by atoms with Gasteiger partial charge in [-0.3, -0.25) is 0 Å². The highest BCUT2D eigenvalue weighted by Gasteiger charge is 2.32. The summed E-state index contributed by atoms with van der Waals surface area (Å²) in [4.78, 5) is 22.1. The van der Waals surface area contributed by atoms with Crippen molar-refractivity contribution in [3.05, 3.63) is 11.6 Å². The van der Waals surface area contributed by atoms with Crippen LogP contribution in [0.25, 0.3) is 0 Å². The summed E-state index contributed by atoms with van der Waals surface area (Å²) >= 11 is 5.44. The molecule has 0 saturated heterocycles. The van der Waals surface area contributed by atoms with Crippen LogP contribution in [0.4, 0.5) is 4.79 Å². The second-order valence-corrected chi connectivity index (χ2v) is 3.85. The molecule has 0 spiro atoms. The lowest BCUT2D eigenvalue weighted by atomic mass is 10.00. The minimum atomic E-state index is -1.27. The number of carboxylic acids is 1. The number of hydrogen-bond donors (Lipinski definition) is 3. The molecular formula is C9H15ClN2O3. The fraction of sp³-hybridized carbons (Fsp3) is 0.556. The molecule has 0 aliphatic heterocycles. The lowest BCUT2D eigenvalue weighted by Crippen LogP contribution is -2.54. The van der Waals surface area contributed by atoms with Gasteiger partial charge < -0.3 is 15.7 Å². The van der Waals surface area contributed by atoms with Crippen LogP contribution in [0.15, 0.2) is 11.6 Å². The summed E-state index contributed by atoms with van der Waals surface area (Å²) in [6.07, 6.45) is 0.289. The number of aliphatic carboxylic acids is 1. The molecule has 0 aromatic carbocycles. The van der Waals surface area contributed by atoms with Crippen molar-refractivity contribution < 1.29 is 14.7 Å². The van der Waals surface area contributed by atoms with E-state index in [0.29, 0.717) is 0 Å². The predicted octanol–water partition coefficient (Wildman–Crippen LogP) is 1.29. The molecule has 0 aromatic heterocycles. The van der Waals surface area contributed by atoms with E-state index >= 15 is 0 Å². The number of nitrogens with one attached hydrogen (secondary N) is 2. The van der Waals surface area contributed by atoms with Crippen LogP contribution in [0.3, 0.4) is 0 Å². The molecular weight excluding hydrogens is 220 g/mol. The minimum Gasteiger partial charge on any atom is -0.480 e. The maximum absolute atomic E-state index is 11.2.